The molecule has 0 aliphatic heterocycles. The monoisotopic (exact) mass is 413 g/mol. The number of non-ortho nitro benzene ring substituents is 1. The van der Waals surface area contributed by atoms with E-state index < -0.39 is 4.92 Å². The molecule has 4 aromatic rings. The lowest BCUT2D eigenvalue weighted by Crippen LogP contribution is -1.99. The summed E-state index contributed by atoms with van der Waals surface area (Å²) in [6, 6.07) is 17.8. The Balaban J connectivity index is 1.69. The van der Waals surface area contributed by atoms with Crippen molar-refractivity contribution in [2.75, 3.05) is 5.43 Å². The number of hydrogen-bond acceptors (Lipinski definition) is 7. The molecule has 4 rings (SSSR count). The summed E-state index contributed by atoms with van der Waals surface area (Å²) < 4.78 is 1.74. The largest absolute Gasteiger partial charge is 0.269 e. The highest BCUT2D eigenvalue weighted by atomic mass is 16.6. The van der Waals surface area contributed by atoms with Crippen molar-refractivity contribution in [1.82, 2.24) is 19.7 Å². The van der Waals surface area contributed by atoms with Crippen LogP contribution < -0.4 is 5.43 Å². The summed E-state index contributed by atoms with van der Waals surface area (Å²) in [4.78, 5) is 19.2. The molecule has 31 heavy (non-hydrogen) atoms. The molecule has 0 saturated carbocycles. The first kappa shape index (κ1) is 19.9. The third-order valence-electron chi connectivity index (χ3n) is 4.47. The molecule has 2 heterocycles. The fourth-order valence-electron chi connectivity index (χ4n) is 3.10. The molecule has 9 heteroatoms. The van der Waals surface area contributed by atoms with E-state index in [0.717, 1.165) is 28.2 Å². The normalized spacial score (nSPS) is 11.0. The van der Waals surface area contributed by atoms with Crippen LogP contribution in [0.1, 0.15) is 17.0 Å². The molecule has 0 spiro atoms. The first-order chi connectivity index (χ1) is 15.0. The Morgan fingerprint density at radius 2 is 1.71 bits per heavy atom. The predicted molar refractivity (Wildman–Crippen MR) is 118 cm³/mol. The Labute approximate surface area is 178 Å². The second kappa shape index (κ2) is 8.54. The van der Waals surface area contributed by atoms with Gasteiger partial charge >= 0.3 is 0 Å². The highest BCUT2D eigenvalue weighted by molar-refractivity contribution is 5.89. The minimum Gasteiger partial charge on any atom is -0.258 e. The van der Waals surface area contributed by atoms with E-state index in [1.807, 2.05) is 56.4 Å². The number of nitro benzene ring substituents is 1. The lowest BCUT2D eigenvalue weighted by molar-refractivity contribution is -0.384. The molecule has 2 aromatic heterocycles. The van der Waals surface area contributed by atoms with Gasteiger partial charge < -0.3 is 0 Å². The molecule has 0 radical (unpaired) electrons. The second-order valence-electron chi connectivity index (χ2n) is 6.86. The SMILES string of the molecule is Cc1cc(C)nc(N/N=C/c2cn(-c3ccccc3)nc2-c2ccc([N+](=O)[O-])cc2)n1. The summed E-state index contributed by atoms with van der Waals surface area (Å²) in [5.74, 6) is 0.404. The zero-order valence-electron chi connectivity index (χ0n) is 16.9. The van der Waals surface area contributed by atoms with Crippen LogP contribution in [0.3, 0.4) is 0 Å². The average molecular weight is 413 g/mol. The summed E-state index contributed by atoms with van der Waals surface area (Å²) >= 11 is 0. The van der Waals surface area contributed by atoms with E-state index >= 15 is 0 Å². The average Bonchev–Trinajstić information content (AvgIpc) is 3.18. The molecular weight excluding hydrogens is 394 g/mol. The fraction of sp³-hybridized carbons (Fsp3) is 0.0909. The van der Waals surface area contributed by atoms with Crippen LogP contribution in [0, 0.1) is 24.0 Å². The predicted octanol–water partition coefficient (Wildman–Crippen LogP) is 4.30. The quantitative estimate of drug-likeness (QED) is 0.287. The van der Waals surface area contributed by atoms with Gasteiger partial charge in [0.25, 0.3) is 5.69 Å². The summed E-state index contributed by atoms with van der Waals surface area (Å²) in [5, 5.41) is 19.9. The Hall–Kier alpha value is -4.40. The van der Waals surface area contributed by atoms with Crippen molar-refractivity contribution in [2.24, 2.45) is 5.10 Å². The Morgan fingerprint density at radius 3 is 2.35 bits per heavy atom. The van der Waals surface area contributed by atoms with Crippen LogP contribution in [0.5, 0.6) is 0 Å². The number of aryl methyl sites for hydroxylation is 2. The summed E-state index contributed by atoms with van der Waals surface area (Å²) in [6.45, 7) is 3.78. The summed E-state index contributed by atoms with van der Waals surface area (Å²) in [6.07, 6.45) is 3.48. The number of rotatable bonds is 6. The maximum Gasteiger partial charge on any atom is 0.269 e. The Kier molecular flexibility index (Phi) is 5.48. The van der Waals surface area contributed by atoms with E-state index in [1.54, 1.807) is 23.0 Å². The van der Waals surface area contributed by atoms with Crippen molar-refractivity contribution in [3.63, 3.8) is 0 Å². The molecule has 1 N–H and O–H groups in total. The van der Waals surface area contributed by atoms with E-state index in [0.29, 0.717) is 11.6 Å². The van der Waals surface area contributed by atoms with Crippen LogP contribution in [-0.4, -0.2) is 30.9 Å². The molecule has 2 aromatic carbocycles. The van der Waals surface area contributed by atoms with Gasteiger partial charge in [-0.2, -0.15) is 10.2 Å². The van der Waals surface area contributed by atoms with Gasteiger partial charge in [0.15, 0.2) is 0 Å². The molecule has 0 aliphatic carbocycles. The van der Waals surface area contributed by atoms with E-state index in [4.69, 9.17) is 0 Å². The molecule has 0 fully saturated rings. The van der Waals surface area contributed by atoms with Crippen molar-refractivity contribution < 1.29 is 4.92 Å². The molecule has 0 amide bonds. The number of aromatic nitrogens is 4. The third kappa shape index (κ3) is 4.61. The maximum atomic E-state index is 11.0. The lowest BCUT2D eigenvalue weighted by atomic mass is 10.1. The first-order valence-corrected chi connectivity index (χ1v) is 9.51. The van der Waals surface area contributed by atoms with E-state index in [2.05, 4.69) is 25.6 Å². The zero-order chi connectivity index (χ0) is 21.8. The fourth-order valence-corrected chi connectivity index (χ4v) is 3.10. The van der Waals surface area contributed by atoms with E-state index in [9.17, 15) is 10.1 Å². The van der Waals surface area contributed by atoms with Gasteiger partial charge in [0.1, 0.15) is 5.69 Å². The van der Waals surface area contributed by atoms with Gasteiger partial charge in [0.2, 0.25) is 5.95 Å². The van der Waals surface area contributed by atoms with Crippen LogP contribution in [-0.2, 0) is 0 Å². The standard InChI is InChI=1S/C22H19N7O2/c1-15-12-16(2)25-22(24-15)26-23-13-18-14-28(19-6-4-3-5-7-19)27-21(18)17-8-10-20(11-9-17)29(30)31/h3-14H,1-2H3,(H,24,25,26)/b23-13+. The Morgan fingerprint density at radius 1 is 1.03 bits per heavy atom. The van der Waals surface area contributed by atoms with Gasteiger partial charge in [-0.15, -0.1) is 0 Å². The number of hydrogen-bond donors (Lipinski definition) is 1. The Bertz CT molecular complexity index is 1230. The van der Waals surface area contributed by atoms with Crippen molar-refractivity contribution in [1.29, 1.82) is 0 Å². The van der Waals surface area contributed by atoms with Crippen LogP contribution in [0.2, 0.25) is 0 Å². The van der Waals surface area contributed by atoms with Crippen molar-refractivity contribution in [3.05, 3.63) is 93.9 Å². The van der Waals surface area contributed by atoms with Gasteiger partial charge in [-0.1, -0.05) is 18.2 Å². The zero-order valence-corrected chi connectivity index (χ0v) is 16.9. The highest BCUT2D eigenvalue weighted by Crippen LogP contribution is 2.25. The summed E-state index contributed by atoms with van der Waals surface area (Å²) in [7, 11) is 0. The van der Waals surface area contributed by atoms with Crippen molar-refractivity contribution in [2.45, 2.75) is 13.8 Å². The number of benzene rings is 2. The molecule has 0 unspecified atom stereocenters. The van der Waals surface area contributed by atoms with Gasteiger partial charge in [0.05, 0.1) is 16.8 Å². The number of nitro groups is 1. The summed E-state index contributed by atoms with van der Waals surface area (Å²) in [5.41, 5.74) is 7.55. The number of nitrogens with one attached hydrogen (secondary N) is 1. The first-order valence-electron chi connectivity index (χ1n) is 9.51. The van der Waals surface area contributed by atoms with Crippen LogP contribution in [0.15, 0.2) is 72.0 Å². The number of para-hydroxylation sites is 1. The third-order valence-corrected chi connectivity index (χ3v) is 4.47. The van der Waals surface area contributed by atoms with Crippen LogP contribution in [0.25, 0.3) is 16.9 Å². The van der Waals surface area contributed by atoms with Gasteiger partial charge in [-0.25, -0.2) is 20.1 Å². The van der Waals surface area contributed by atoms with E-state index in [1.165, 1.54) is 12.1 Å². The highest BCUT2D eigenvalue weighted by Gasteiger charge is 2.13. The molecule has 154 valence electrons. The minimum atomic E-state index is -0.428. The number of hydrazone groups is 1. The van der Waals surface area contributed by atoms with Crippen molar-refractivity contribution >= 4 is 17.9 Å². The van der Waals surface area contributed by atoms with Crippen LogP contribution in [0.4, 0.5) is 11.6 Å². The lowest BCUT2D eigenvalue weighted by Gasteiger charge is -2.02. The molecule has 0 saturated heterocycles. The van der Waals surface area contributed by atoms with Gasteiger partial charge in [-0.05, 0) is 44.2 Å². The molecule has 0 atom stereocenters. The van der Waals surface area contributed by atoms with Gasteiger partial charge in [0, 0.05) is 40.8 Å². The van der Waals surface area contributed by atoms with Crippen LogP contribution >= 0.6 is 0 Å². The molecule has 0 aliphatic rings. The molecular formula is C22H19N7O2. The molecule has 9 nitrogen and oxygen atoms in total. The van der Waals surface area contributed by atoms with Crippen molar-refractivity contribution in [3.8, 4) is 16.9 Å². The van der Waals surface area contributed by atoms with Gasteiger partial charge in [-0.3, -0.25) is 10.1 Å². The smallest absolute Gasteiger partial charge is 0.258 e. The minimum absolute atomic E-state index is 0.0232. The topological polar surface area (TPSA) is 111 Å². The number of nitrogens with zero attached hydrogens (tertiary/aromatic N) is 6. The maximum absolute atomic E-state index is 11.0. The second-order valence-corrected chi connectivity index (χ2v) is 6.86. The van der Waals surface area contributed by atoms with E-state index in [-0.39, 0.29) is 5.69 Å². The number of anilines is 1. The molecule has 0 bridgehead atoms.